The molecule has 1 aromatic carbocycles. The Balaban J connectivity index is 0.00000124. The van der Waals surface area contributed by atoms with Gasteiger partial charge in [0.15, 0.2) is 0 Å². The van der Waals surface area contributed by atoms with Gasteiger partial charge in [0.1, 0.15) is 23.1 Å². The minimum atomic E-state index is 0.494. The van der Waals surface area contributed by atoms with Crippen LogP contribution in [0.25, 0.3) is 10.9 Å². The summed E-state index contributed by atoms with van der Waals surface area (Å²) in [5, 5.41) is 1.52. The van der Waals surface area contributed by atoms with E-state index in [2.05, 4.69) is 11.0 Å². The van der Waals surface area contributed by atoms with Gasteiger partial charge in [-0.05, 0) is 25.0 Å². The third kappa shape index (κ3) is 5.57. The van der Waals surface area contributed by atoms with Crippen LogP contribution in [0.5, 0.6) is 11.5 Å². The molecule has 166 valence electrons. The zero-order chi connectivity index (χ0) is 21.3. The van der Waals surface area contributed by atoms with Crippen molar-refractivity contribution < 1.29 is 14.2 Å². The average molecular weight is 435 g/mol. The predicted octanol–water partition coefficient (Wildman–Crippen LogP) is 5.68. The van der Waals surface area contributed by atoms with Crippen LogP contribution < -0.4 is 9.47 Å². The fourth-order valence-electron chi connectivity index (χ4n) is 4.22. The topological polar surface area (TPSA) is 43.8 Å². The Hall–Kier alpha value is -1.56. The van der Waals surface area contributed by atoms with E-state index in [9.17, 15) is 0 Å². The van der Waals surface area contributed by atoms with Crippen molar-refractivity contribution in [2.45, 2.75) is 51.9 Å². The second-order valence-corrected chi connectivity index (χ2v) is 8.04. The summed E-state index contributed by atoms with van der Waals surface area (Å²) in [7, 11) is 1.71. The molecule has 0 radical (unpaired) electrons. The lowest BCUT2D eigenvalue weighted by molar-refractivity contribution is 0.0322. The first-order chi connectivity index (χ1) is 14.8. The van der Waals surface area contributed by atoms with Crippen molar-refractivity contribution >= 4 is 22.5 Å². The minimum absolute atomic E-state index is 0.494. The molecular formula is C24H35ClN2O3. The highest BCUT2D eigenvalue weighted by atomic mass is 35.5. The largest absolute Gasteiger partial charge is 0.496 e. The molecule has 1 aliphatic carbocycles. The van der Waals surface area contributed by atoms with E-state index >= 15 is 0 Å². The third-order valence-electron chi connectivity index (χ3n) is 5.88. The van der Waals surface area contributed by atoms with Gasteiger partial charge in [0.05, 0.1) is 25.8 Å². The number of ether oxygens (including phenoxy) is 3. The molecule has 1 aliphatic heterocycles. The van der Waals surface area contributed by atoms with Gasteiger partial charge in [-0.15, -0.1) is 0 Å². The van der Waals surface area contributed by atoms with Crippen molar-refractivity contribution in [2.75, 3.05) is 46.6 Å². The van der Waals surface area contributed by atoms with Crippen molar-refractivity contribution in [3.05, 3.63) is 28.9 Å². The molecule has 4 rings (SSSR count). The Morgan fingerprint density at radius 3 is 2.53 bits per heavy atom. The van der Waals surface area contributed by atoms with Crippen molar-refractivity contribution in [3.8, 4) is 11.5 Å². The first-order valence-electron chi connectivity index (χ1n) is 11.4. The van der Waals surface area contributed by atoms with Crippen LogP contribution in [0.3, 0.4) is 0 Å². The molecule has 0 N–H and O–H groups in total. The molecule has 2 heterocycles. The van der Waals surface area contributed by atoms with Crippen LogP contribution in [-0.2, 0) is 4.74 Å². The maximum absolute atomic E-state index is 6.73. The highest BCUT2D eigenvalue weighted by Crippen LogP contribution is 2.39. The Morgan fingerprint density at radius 1 is 1.10 bits per heavy atom. The zero-order valence-electron chi connectivity index (χ0n) is 18.6. The maximum Gasteiger partial charge on any atom is 0.140 e. The second kappa shape index (κ2) is 11.7. The standard InChI is InChI=1S/C22H29ClN2O3.C2H6/c1-26-20-15-18(16-5-3-2-4-6-16)24-22-17(20)7-8-19(21(22)23)28-14-11-25-9-12-27-13-10-25;1-2/h7-8,15-16H,2-6,9-14H2,1H3;1-2H3. The van der Waals surface area contributed by atoms with Gasteiger partial charge in [0, 0.05) is 42.7 Å². The number of benzene rings is 1. The lowest BCUT2D eigenvalue weighted by Crippen LogP contribution is -2.38. The van der Waals surface area contributed by atoms with E-state index in [4.69, 9.17) is 30.8 Å². The van der Waals surface area contributed by atoms with Gasteiger partial charge in [0.25, 0.3) is 0 Å². The fraction of sp³-hybridized carbons (Fsp3) is 0.625. The Morgan fingerprint density at radius 2 is 1.83 bits per heavy atom. The molecule has 2 aromatic rings. The van der Waals surface area contributed by atoms with Gasteiger partial charge >= 0.3 is 0 Å². The number of methoxy groups -OCH3 is 1. The van der Waals surface area contributed by atoms with Crippen LogP contribution in [0.2, 0.25) is 5.02 Å². The Kier molecular flexibility index (Phi) is 9.04. The normalized spacial score (nSPS) is 18.0. The number of fused-ring (bicyclic) bond motifs is 1. The third-order valence-corrected chi connectivity index (χ3v) is 6.24. The van der Waals surface area contributed by atoms with Gasteiger partial charge in [-0.3, -0.25) is 9.88 Å². The first-order valence-corrected chi connectivity index (χ1v) is 11.7. The molecule has 0 amide bonds. The predicted molar refractivity (Wildman–Crippen MR) is 123 cm³/mol. The van der Waals surface area contributed by atoms with E-state index in [1.54, 1.807) is 7.11 Å². The summed E-state index contributed by atoms with van der Waals surface area (Å²) in [6.45, 7) is 8.98. The average Bonchev–Trinajstić information content (AvgIpc) is 2.82. The number of aromatic nitrogens is 1. The number of hydrogen-bond donors (Lipinski definition) is 0. The molecule has 1 saturated heterocycles. The van der Waals surface area contributed by atoms with Crippen molar-refractivity contribution in [2.24, 2.45) is 0 Å². The number of hydrogen-bond acceptors (Lipinski definition) is 5. The summed E-state index contributed by atoms with van der Waals surface area (Å²) >= 11 is 6.73. The summed E-state index contributed by atoms with van der Waals surface area (Å²) in [4.78, 5) is 7.29. The molecule has 1 aromatic heterocycles. The van der Waals surface area contributed by atoms with Gasteiger partial charge < -0.3 is 14.2 Å². The number of pyridine rings is 1. The van der Waals surface area contributed by atoms with Crippen LogP contribution in [0.4, 0.5) is 0 Å². The molecular weight excluding hydrogens is 400 g/mol. The fourth-order valence-corrected chi connectivity index (χ4v) is 4.49. The van der Waals surface area contributed by atoms with Crippen molar-refractivity contribution in [1.82, 2.24) is 9.88 Å². The highest BCUT2D eigenvalue weighted by molar-refractivity contribution is 6.36. The van der Waals surface area contributed by atoms with Crippen molar-refractivity contribution in [1.29, 1.82) is 0 Å². The summed E-state index contributed by atoms with van der Waals surface area (Å²) in [5.74, 6) is 2.03. The Labute approximate surface area is 185 Å². The monoisotopic (exact) mass is 434 g/mol. The molecule has 0 spiro atoms. The summed E-state index contributed by atoms with van der Waals surface area (Å²) in [5.41, 5.74) is 1.88. The van der Waals surface area contributed by atoms with Gasteiger partial charge in [0.2, 0.25) is 0 Å². The minimum Gasteiger partial charge on any atom is -0.496 e. The maximum atomic E-state index is 6.73. The van der Waals surface area contributed by atoms with E-state index < -0.39 is 0 Å². The number of halogens is 1. The number of morpholine rings is 1. The van der Waals surface area contributed by atoms with E-state index in [-0.39, 0.29) is 0 Å². The smallest absolute Gasteiger partial charge is 0.140 e. The summed E-state index contributed by atoms with van der Waals surface area (Å²) in [6.07, 6.45) is 6.24. The van der Waals surface area contributed by atoms with E-state index in [1.807, 2.05) is 26.0 Å². The van der Waals surface area contributed by atoms with Gasteiger partial charge in [-0.25, -0.2) is 0 Å². The lowest BCUT2D eigenvalue weighted by Gasteiger charge is -2.26. The second-order valence-electron chi connectivity index (χ2n) is 7.66. The molecule has 30 heavy (non-hydrogen) atoms. The molecule has 2 fully saturated rings. The Bertz CT molecular complexity index is 803. The molecule has 1 saturated carbocycles. The summed E-state index contributed by atoms with van der Waals surface area (Å²) in [6, 6.07) is 6.02. The number of rotatable bonds is 6. The molecule has 2 aliphatic rings. The van der Waals surface area contributed by atoms with Crippen LogP contribution in [0.1, 0.15) is 57.6 Å². The lowest BCUT2D eigenvalue weighted by atomic mass is 9.86. The highest BCUT2D eigenvalue weighted by Gasteiger charge is 2.21. The molecule has 5 nitrogen and oxygen atoms in total. The van der Waals surface area contributed by atoms with Gasteiger partial charge in [-0.1, -0.05) is 44.7 Å². The van der Waals surface area contributed by atoms with E-state index in [0.717, 1.165) is 55.2 Å². The van der Waals surface area contributed by atoms with Crippen LogP contribution >= 0.6 is 11.6 Å². The van der Waals surface area contributed by atoms with E-state index in [0.29, 0.717) is 23.3 Å². The molecule has 0 bridgehead atoms. The molecule has 0 atom stereocenters. The van der Waals surface area contributed by atoms with E-state index in [1.165, 1.54) is 32.1 Å². The first kappa shape index (κ1) is 23.1. The molecule has 6 heteroatoms. The van der Waals surface area contributed by atoms with Crippen LogP contribution in [0.15, 0.2) is 18.2 Å². The SMILES string of the molecule is CC.COc1cc(C2CCCCC2)nc2c(Cl)c(OCCN3CCOCC3)ccc12. The van der Waals surface area contributed by atoms with Gasteiger partial charge in [-0.2, -0.15) is 0 Å². The van der Waals surface area contributed by atoms with Crippen LogP contribution in [-0.4, -0.2) is 56.4 Å². The zero-order valence-corrected chi connectivity index (χ0v) is 19.3. The quantitative estimate of drug-likeness (QED) is 0.585. The summed E-state index contributed by atoms with van der Waals surface area (Å²) < 4.78 is 17.1. The van der Waals surface area contributed by atoms with Crippen LogP contribution in [0, 0.1) is 0 Å². The number of nitrogens with zero attached hydrogens (tertiary/aromatic N) is 2. The molecule has 0 unspecified atom stereocenters. The van der Waals surface area contributed by atoms with Crippen molar-refractivity contribution in [3.63, 3.8) is 0 Å².